The van der Waals surface area contributed by atoms with E-state index in [1.165, 1.54) is 25.7 Å². The van der Waals surface area contributed by atoms with Crippen molar-refractivity contribution in [1.29, 1.82) is 0 Å². The van der Waals surface area contributed by atoms with Crippen molar-refractivity contribution in [2.75, 3.05) is 6.61 Å². The average Bonchev–Trinajstić information content (AvgIpc) is 3.02. The van der Waals surface area contributed by atoms with Crippen molar-refractivity contribution in [2.24, 2.45) is 11.8 Å². The molecule has 0 aromatic heterocycles. The highest BCUT2D eigenvalue weighted by molar-refractivity contribution is 6.02. The first-order valence-electron chi connectivity index (χ1n) is 8.39. The van der Waals surface area contributed by atoms with Gasteiger partial charge in [-0.15, -0.1) is 0 Å². The number of carboxylic acids is 1. The smallest absolute Gasteiger partial charge is 0.335 e. The van der Waals surface area contributed by atoms with Crippen molar-refractivity contribution in [3.63, 3.8) is 0 Å². The van der Waals surface area contributed by atoms with Gasteiger partial charge in [0, 0.05) is 11.8 Å². The molecule has 0 heterocycles. The van der Waals surface area contributed by atoms with Gasteiger partial charge in [0.1, 0.15) is 0 Å². The number of esters is 1. The topological polar surface area (TPSA) is 63.6 Å². The van der Waals surface area contributed by atoms with Crippen LogP contribution < -0.4 is 0 Å². The Kier molecular flexibility index (Phi) is 5.81. The number of hydrogen-bond donors (Lipinski definition) is 1. The highest BCUT2D eigenvalue weighted by Gasteiger charge is 2.44. The number of fused-ring (bicyclic) bond motifs is 2. The molecular weight excluding hydrogens is 280 g/mol. The van der Waals surface area contributed by atoms with Gasteiger partial charge in [0.25, 0.3) is 0 Å². The zero-order chi connectivity index (χ0) is 16.1. The first-order chi connectivity index (χ1) is 10.6. The Bertz CT molecular complexity index is 501. The fourth-order valence-electron chi connectivity index (χ4n) is 3.53. The van der Waals surface area contributed by atoms with Gasteiger partial charge < -0.3 is 9.84 Å². The highest BCUT2D eigenvalue weighted by Crippen LogP contribution is 2.48. The molecule has 0 amide bonds. The molecule has 4 heteroatoms. The maximum Gasteiger partial charge on any atom is 0.335 e. The third-order valence-corrected chi connectivity index (χ3v) is 4.69. The number of carboxylic acid groups (broad SMARTS) is 1. The number of carbonyl (C=O) groups is 2. The molecule has 22 heavy (non-hydrogen) atoms. The molecule has 0 radical (unpaired) electrons. The molecule has 2 atom stereocenters. The number of ether oxygens (including phenoxy) is 1. The molecule has 0 spiro atoms. The van der Waals surface area contributed by atoms with Crippen LogP contribution in [-0.4, -0.2) is 23.7 Å². The lowest BCUT2D eigenvalue weighted by molar-refractivity contribution is -0.140. The second-order valence-electron chi connectivity index (χ2n) is 6.34. The Morgan fingerprint density at radius 3 is 2.55 bits per heavy atom. The number of aliphatic carboxylic acids is 1. The number of rotatable bonds is 9. The third kappa shape index (κ3) is 3.60. The molecule has 4 nitrogen and oxygen atoms in total. The lowest BCUT2D eigenvalue weighted by atomic mass is 9.92. The summed E-state index contributed by atoms with van der Waals surface area (Å²) in [7, 11) is 0. The quantitative estimate of drug-likeness (QED) is 0.399. The molecule has 0 saturated heterocycles. The van der Waals surface area contributed by atoms with Gasteiger partial charge in [0.15, 0.2) is 0 Å². The van der Waals surface area contributed by atoms with Crippen LogP contribution in [0.15, 0.2) is 22.8 Å². The van der Waals surface area contributed by atoms with Crippen LogP contribution in [0.1, 0.15) is 58.8 Å². The summed E-state index contributed by atoms with van der Waals surface area (Å²) in [5.41, 5.74) is 1.74. The second-order valence-corrected chi connectivity index (χ2v) is 6.34. The largest absolute Gasteiger partial charge is 0.478 e. The van der Waals surface area contributed by atoms with Gasteiger partial charge in [0.2, 0.25) is 0 Å². The van der Waals surface area contributed by atoms with Gasteiger partial charge in [-0.1, -0.05) is 50.7 Å². The van der Waals surface area contributed by atoms with Gasteiger partial charge >= 0.3 is 11.9 Å². The van der Waals surface area contributed by atoms with Gasteiger partial charge in [-0.05, 0) is 19.8 Å². The SMILES string of the molecule is CCCCCCCCOC(=O)C1=C(C(=O)O)C2C=C(C)C1C2. The predicted molar refractivity (Wildman–Crippen MR) is 84.4 cm³/mol. The lowest BCUT2D eigenvalue weighted by Crippen LogP contribution is -2.19. The van der Waals surface area contributed by atoms with E-state index in [4.69, 9.17) is 4.74 Å². The van der Waals surface area contributed by atoms with E-state index in [0.29, 0.717) is 12.2 Å². The van der Waals surface area contributed by atoms with Crippen molar-refractivity contribution in [3.05, 3.63) is 22.8 Å². The van der Waals surface area contributed by atoms with Crippen LogP contribution in [-0.2, 0) is 14.3 Å². The standard InChI is InChI=1S/C18H26O4/c1-3-4-5-6-7-8-9-22-18(21)16-14-11-13(10-12(14)2)15(16)17(19)20/h10,13-14H,3-9,11H2,1-2H3,(H,19,20). The Morgan fingerprint density at radius 2 is 1.86 bits per heavy atom. The molecular formula is C18H26O4. The fraction of sp³-hybridized carbons (Fsp3) is 0.667. The molecule has 0 saturated carbocycles. The van der Waals surface area contributed by atoms with E-state index in [1.807, 2.05) is 13.0 Å². The van der Waals surface area contributed by atoms with E-state index in [2.05, 4.69) is 6.92 Å². The molecule has 1 N–H and O–H groups in total. The minimum Gasteiger partial charge on any atom is -0.478 e. The van der Waals surface area contributed by atoms with Crippen LogP contribution in [0.2, 0.25) is 0 Å². The van der Waals surface area contributed by atoms with Crippen LogP contribution in [0.25, 0.3) is 0 Å². The zero-order valence-electron chi connectivity index (χ0n) is 13.6. The van der Waals surface area contributed by atoms with Crippen molar-refractivity contribution in [2.45, 2.75) is 58.8 Å². The van der Waals surface area contributed by atoms with E-state index in [-0.39, 0.29) is 17.4 Å². The van der Waals surface area contributed by atoms with Gasteiger partial charge in [-0.3, -0.25) is 0 Å². The van der Waals surface area contributed by atoms with Crippen molar-refractivity contribution < 1.29 is 19.4 Å². The van der Waals surface area contributed by atoms with Crippen LogP contribution in [0.4, 0.5) is 0 Å². The second kappa shape index (κ2) is 7.61. The Hall–Kier alpha value is -1.58. The van der Waals surface area contributed by atoms with E-state index in [1.54, 1.807) is 0 Å². The molecule has 2 aliphatic rings. The first-order valence-corrected chi connectivity index (χ1v) is 8.39. The van der Waals surface area contributed by atoms with E-state index in [9.17, 15) is 14.7 Å². The van der Waals surface area contributed by atoms with Crippen molar-refractivity contribution in [3.8, 4) is 0 Å². The molecule has 0 aromatic rings. The highest BCUT2D eigenvalue weighted by atomic mass is 16.5. The molecule has 0 fully saturated rings. The molecule has 2 unspecified atom stereocenters. The number of hydrogen-bond acceptors (Lipinski definition) is 3. The van der Waals surface area contributed by atoms with E-state index < -0.39 is 11.9 Å². The summed E-state index contributed by atoms with van der Waals surface area (Å²) in [5, 5.41) is 9.34. The molecule has 122 valence electrons. The Labute approximate surface area is 132 Å². The summed E-state index contributed by atoms with van der Waals surface area (Å²) < 4.78 is 5.33. The molecule has 2 bridgehead atoms. The third-order valence-electron chi connectivity index (χ3n) is 4.69. The van der Waals surface area contributed by atoms with Crippen LogP contribution >= 0.6 is 0 Å². The summed E-state index contributed by atoms with van der Waals surface area (Å²) in [5.74, 6) is -1.57. The average molecular weight is 306 g/mol. The van der Waals surface area contributed by atoms with Crippen molar-refractivity contribution in [1.82, 2.24) is 0 Å². The van der Waals surface area contributed by atoms with Crippen LogP contribution in [0, 0.1) is 11.8 Å². The lowest BCUT2D eigenvalue weighted by Gasteiger charge is -2.16. The number of unbranched alkanes of at least 4 members (excludes halogenated alkanes) is 5. The summed E-state index contributed by atoms with van der Waals surface area (Å²) >= 11 is 0. The molecule has 0 aliphatic heterocycles. The van der Waals surface area contributed by atoms with Crippen LogP contribution in [0.5, 0.6) is 0 Å². The fourth-order valence-corrected chi connectivity index (χ4v) is 3.53. The monoisotopic (exact) mass is 306 g/mol. The molecule has 2 aliphatic carbocycles. The summed E-state index contributed by atoms with van der Waals surface area (Å²) in [6.45, 7) is 4.53. The molecule has 2 rings (SSSR count). The summed E-state index contributed by atoms with van der Waals surface area (Å²) in [4.78, 5) is 23.7. The van der Waals surface area contributed by atoms with Crippen LogP contribution in [0.3, 0.4) is 0 Å². The predicted octanol–water partition coefficient (Wildman–Crippen LogP) is 3.87. The maximum absolute atomic E-state index is 12.3. The Balaban J connectivity index is 1.83. The minimum atomic E-state index is -0.984. The number of allylic oxidation sites excluding steroid dienone is 2. The normalized spacial score (nSPS) is 22.9. The zero-order valence-corrected chi connectivity index (χ0v) is 13.6. The maximum atomic E-state index is 12.3. The van der Waals surface area contributed by atoms with Gasteiger partial charge in [-0.25, -0.2) is 9.59 Å². The summed E-state index contributed by atoms with van der Waals surface area (Å²) in [6.07, 6.45) is 9.47. The number of carbonyl (C=O) groups excluding carboxylic acids is 1. The van der Waals surface area contributed by atoms with Gasteiger partial charge in [-0.2, -0.15) is 0 Å². The first kappa shape index (κ1) is 16.8. The van der Waals surface area contributed by atoms with E-state index in [0.717, 1.165) is 24.8 Å². The molecule has 0 aromatic carbocycles. The van der Waals surface area contributed by atoms with E-state index >= 15 is 0 Å². The minimum absolute atomic E-state index is 0.0480. The Morgan fingerprint density at radius 1 is 1.18 bits per heavy atom. The van der Waals surface area contributed by atoms with Crippen molar-refractivity contribution >= 4 is 11.9 Å². The van der Waals surface area contributed by atoms with Gasteiger partial charge in [0.05, 0.1) is 17.8 Å². The summed E-state index contributed by atoms with van der Waals surface area (Å²) in [6, 6.07) is 0.